The number of aliphatic hydroxyl groups is 1. The van der Waals surface area contributed by atoms with Gasteiger partial charge in [-0.05, 0) is 26.0 Å². The van der Waals surface area contributed by atoms with E-state index in [0.29, 0.717) is 5.75 Å². The van der Waals surface area contributed by atoms with Crippen molar-refractivity contribution in [1.82, 2.24) is 0 Å². The Morgan fingerprint density at radius 2 is 2.27 bits per heavy atom. The van der Waals surface area contributed by atoms with E-state index in [4.69, 9.17) is 4.74 Å². The van der Waals surface area contributed by atoms with Gasteiger partial charge in [-0.3, -0.25) is 0 Å². The van der Waals surface area contributed by atoms with Gasteiger partial charge in [-0.1, -0.05) is 5.92 Å². The van der Waals surface area contributed by atoms with Crippen LogP contribution < -0.4 is 4.74 Å². The van der Waals surface area contributed by atoms with Crippen LogP contribution in [0.5, 0.6) is 5.75 Å². The van der Waals surface area contributed by atoms with E-state index in [2.05, 4.69) is 11.8 Å². The molecule has 0 aromatic heterocycles. The molecule has 0 amide bonds. The molecule has 0 aliphatic rings. The van der Waals surface area contributed by atoms with E-state index in [-0.39, 0.29) is 12.2 Å². The van der Waals surface area contributed by atoms with E-state index < -0.39 is 11.9 Å². The number of rotatable bonds is 3. The maximum absolute atomic E-state index is 13.3. The van der Waals surface area contributed by atoms with Crippen LogP contribution in [0.4, 0.5) is 4.39 Å². The molecule has 0 bridgehead atoms. The quantitative estimate of drug-likeness (QED) is 0.772. The van der Waals surface area contributed by atoms with Gasteiger partial charge >= 0.3 is 0 Å². The minimum absolute atomic E-state index is 0.240. The lowest BCUT2D eigenvalue weighted by atomic mass is 10.1. The zero-order chi connectivity index (χ0) is 11.3. The Labute approximate surface area is 88.7 Å². The summed E-state index contributed by atoms with van der Waals surface area (Å²) in [5.74, 6) is 5.33. The molecule has 0 saturated heterocycles. The first kappa shape index (κ1) is 11.5. The fourth-order valence-electron chi connectivity index (χ4n) is 1.13. The topological polar surface area (TPSA) is 29.5 Å². The minimum Gasteiger partial charge on any atom is -0.481 e. The summed E-state index contributed by atoms with van der Waals surface area (Å²) in [4.78, 5) is 0. The van der Waals surface area contributed by atoms with Gasteiger partial charge in [-0.15, -0.1) is 5.92 Å². The van der Waals surface area contributed by atoms with Crippen molar-refractivity contribution >= 4 is 0 Å². The third kappa shape index (κ3) is 3.26. The van der Waals surface area contributed by atoms with Crippen LogP contribution in [0.15, 0.2) is 18.2 Å². The molecule has 0 aliphatic heterocycles. The molecule has 0 saturated carbocycles. The van der Waals surface area contributed by atoms with E-state index in [1.54, 1.807) is 13.0 Å². The van der Waals surface area contributed by atoms with Crippen molar-refractivity contribution in [2.75, 3.05) is 6.61 Å². The zero-order valence-electron chi connectivity index (χ0n) is 8.75. The van der Waals surface area contributed by atoms with Gasteiger partial charge in [0.25, 0.3) is 0 Å². The standard InChI is InChI=1S/C12H13FO2/c1-3-4-7-15-10-5-6-11(9(2)14)12(13)8-10/h5-6,8-9,14H,7H2,1-2H3. The highest BCUT2D eigenvalue weighted by Gasteiger charge is 2.08. The maximum atomic E-state index is 13.3. The smallest absolute Gasteiger partial charge is 0.149 e. The first-order chi connectivity index (χ1) is 7.15. The highest BCUT2D eigenvalue weighted by Crippen LogP contribution is 2.21. The summed E-state index contributed by atoms with van der Waals surface area (Å²) in [7, 11) is 0. The number of aliphatic hydroxyl groups excluding tert-OH is 1. The second-order valence-electron chi connectivity index (χ2n) is 3.07. The van der Waals surface area contributed by atoms with Crippen molar-refractivity contribution in [1.29, 1.82) is 0 Å². The largest absolute Gasteiger partial charge is 0.481 e. The lowest BCUT2D eigenvalue weighted by Crippen LogP contribution is -1.98. The van der Waals surface area contributed by atoms with Crippen molar-refractivity contribution < 1.29 is 14.2 Å². The molecule has 0 heterocycles. The Bertz CT molecular complexity index is 388. The molecule has 1 rings (SSSR count). The van der Waals surface area contributed by atoms with E-state index in [9.17, 15) is 9.50 Å². The van der Waals surface area contributed by atoms with Gasteiger partial charge in [0.05, 0.1) is 6.10 Å². The predicted molar refractivity (Wildman–Crippen MR) is 56.0 cm³/mol. The van der Waals surface area contributed by atoms with Crippen LogP contribution in [-0.4, -0.2) is 11.7 Å². The number of benzene rings is 1. The average Bonchev–Trinajstić information content (AvgIpc) is 2.17. The Kier molecular flexibility index (Phi) is 4.14. The molecule has 1 atom stereocenters. The molecule has 1 N–H and O–H groups in total. The summed E-state index contributed by atoms with van der Waals surface area (Å²) >= 11 is 0. The van der Waals surface area contributed by atoms with Crippen LogP contribution in [-0.2, 0) is 0 Å². The van der Waals surface area contributed by atoms with Gasteiger partial charge in [0.1, 0.15) is 18.2 Å². The van der Waals surface area contributed by atoms with Crippen molar-refractivity contribution in [3.05, 3.63) is 29.6 Å². The Balaban J connectivity index is 2.76. The predicted octanol–water partition coefficient (Wildman–Crippen LogP) is 2.28. The molecule has 3 heteroatoms. The SMILES string of the molecule is CC#CCOc1ccc(C(C)O)c(F)c1. The van der Waals surface area contributed by atoms with Gasteiger partial charge in [0.2, 0.25) is 0 Å². The van der Waals surface area contributed by atoms with Crippen LogP contribution >= 0.6 is 0 Å². The molecule has 15 heavy (non-hydrogen) atoms. The molecule has 2 nitrogen and oxygen atoms in total. The average molecular weight is 208 g/mol. The van der Waals surface area contributed by atoms with Crippen molar-refractivity contribution in [3.63, 3.8) is 0 Å². The van der Waals surface area contributed by atoms with Gasteiger partial charge in [0.15, 0.2) is 0 Å². The van der Waals surface area contributed by atoms with E-state index in [1.165, 1.54) is 19.1 Å². The third-order valence-corrected chi connectivity index (χ3v) is 1.91. The van der Waals surface area contributed by atoms with Crippen molar-refractivity contribution in [2.45, 2.75) is 20.0 Å². The number of hydrogen-bond acceptors (Lipinski definition) is 2. The fraction of sp³-hybridized carbons (Fsp3) is 0.333. The normalized spacial score (nSPS) is 11.5. The monoisotopic (exact) mass is 208 g/mol. The van der Waals surface area contributed by atoms with Gasteiger partial charge in [-0.2, -0.15) is 0 Å². The first-order valence-corrected chi connectivity index (χ1v) is 4.65. The molecule has 1 unspecified atom stereocenters. The molecular formula is C12H13FO2. The Hall–Kier alpha value is -1.53. The summed E-state index contributed by atoms with van der Waals surface area (Å²) in [5.41, 5.74) is 0.268. The van der Waals surface area contributed by atoms with Crippen LogP contribution in [0.1, 0.15) is 25.5 Å². The molecule has 1 aromatic rings. The number of ether oxygens (including phenoxy) is 1. The highest BCUT2D eigenvalue weighted by atomic mass is 19.1. The molecular weight excluding hydrogens is 195 g/mol. The summed E-state index contributed by atoms with van der Waals surface area (Å²) in [6, 6.07) is 4.37. The highest BCUT2D eigenvalue weighted by molar-refractivity contribution is 5.30. The third-order valence-electron chi connectivity index (χ3n) is 1.91. The van der Waals surface area contributed by atoms with Crippen LogP contribution in [0, 0.1) is 17.7 Å². The zero-order valence-corrected chi connectivity index (χ0v) is 8.75. The van der Waals surface area contributed by atoms with E-state index in [0.717, 1.165) is 0 Å². The maximum Gasteiger partial charge on any atom is 0.149 e. The first-order valence-electron chi connectivity index (χ1n) is 4.65. The lowest BCUT2D eigenvalue weighted by Gasteiger charge is -2.08. The van der Waals surface area contributed by atoms with Crippen molar-refractivity contribution in [3.8, 4) is 17.6 Å². The summed E-state index contributed by atoms with van der Waals surface area (Å²) in [6.45, 7) is 3.46. The second-order valence-corrected chi connectivity index (χ2v) is 3.07. The van der Waals surface area contributed by atoms with E-state index in [1.807, 2.05) is 0 Å². The Morgan fingerprint density at radius 3 is 2.80 bits per heavy atom. The molecule has 0 spiro atoms. The van der Waals surface area contributed by atoms with Crippen LogP contribution in [0.2, 0.25) is 0 Å². The van der Waals surface area contributed by atoms with Crippen LogP contribution in [0.25, 0.3) is 0 Å². The minimum atomic E-state index is -0.811. The summed E-state index contributed by atoms with van der Waals surface area (Å²) < 4.78 is 18.5. The van der Waals surface area contributed by atoms with Gasteiger partial charge < -0.3 is 9.84 Å². The van der Waals surface area contributed by atoms with Gasteiger partial charge in [0, 0.05) is 11.6 Å². The molecule has 0 aliphatic carbocycles. The molecule has 0 fully saturated rings. The van der Waals surface area contributed by atoms with Crippen LogP contribution in [0.3, 0.4) is 0 Å². The molecule has 80 valence electrons. The molecule has 1 aromatic carbocycles. The number of halogens is 1. The summed E-state index contributed by atoms with van der Waals surface area (Å²) in [5, 5.41) is 9.21. The number of hydrogen-bond donors (Lipinski definition) is 1. The second kappa shape index (κ2) is 5.38. The Morgan fingerprint density at radius 1 is 1.53 bits per heavy atom. The fourth-order valence-corrected chi connectivity index (χ4v) is 1.13. The van der Waals surface area contributed by atoms with E-state index >= 15 is 0 Å². The summed E-state index contributed by atoms with van der Waals surface area (Å²) in [6.07, 6.45) is -0.811. The molecule has 0 radical (unpaired) electrons. The van der Waals surface area contributed by atoms with Crippen molar-refractivity contribution in [2.24, 2.45) is 0 Å². The lowest BCUT2D eigenvalue weighted by molar-refractivity contribution is 0.194. The van der Waals surface area contributed by atoms with Gasteiger partial charge in [-0.25, -0.2) is 4.39 Å².